The van der Waals surface area contributed by atoms with Crippen molar-refractivity contribution in [2.24, 2.45) is 11.8 Å². The van der Waals surface area contributed by atoms with Gasteiger partial charge in [0.1, 0.15) is 11.7 Å². The van der Waals surface area contributed by atoms with Gasteiger partial charge in [0.15, 0.2) is 25.0 Å². The molecule has 2 aliphatic carbocycles. The van der Waals surface area contributed by atoms with Gasteiger partial charge in [0.25, 0.3) is 0 Å². The van der Waals surface area contributed by atoms with Gasteiger partial charge in [-0.25, -0.2) is 0 Å². The Labute approximate surface area is 218 Å². The molecule has 0 aromatic carbocycles. The van der Waals surface area contributed by atoms with E-state index in [-0.39, 0.29) is 35.1 Å². The van der Waals surface area contributed by atoms with Gasteiger partial charge >= 0.3 is 5.97 Å². The van der Waals surface area contributed by atoms with E-state index < -0.39 is 36.2 Å². The average molecular weight is 541 g/mol. The molecule has 0 bridgehead atoms. The first-order valence-electron chi connectivity index (χ1n) is 13.5. The largest absolute Gasteiger partial charge is 0.457 e. The first kappa shape index (κ1) is 29.3. The summed E-state index contributed by atoms with van der Waals surface area (Å²) in [6.07, 6.45) is 2.18. The molecule has 1 heterocycles. The van der Waals surface area contributed by atoms with Gasteiger partial charge in [-0.15, -0.1) is 0 Å². The number of fused-ring (bicyclic) bond motifs is 3. The molecule has 0 aromatic rings. The van der Waals surface area contributed by atoms with Crippen LogP contribution in [0.25, 0.3) is 0 Å². The van der Waals surface area contributed by atoms with Crippen molar-refractivity contribution in [3.8, 4) is 0 Å². The Morgan fingerprint density at radius 3 is 2.00 bits per heavy atom. The molecule has 0 unspecified atom stereocenters. The summed E-state index contributed by atoms with van der Waals surface area (Å²) in [5.41, 5.74) is 1.21. The Hall–Kier alpha value is -0.259. The summed E-state index contributed by atoms with van der Waals surface area (Å²) < 4.78 is 27.8. The minimum absolute atomic E-state index is 0.0554. The highest BCUT2D eigenvalue weighted by molar-refractivity contribution is 6.74. The van der Waals surface area contributed by atoms with Gasteiger partial charge < -0.3 is 18.0 Å². The third-order valence-electron chi connectivity index (χ3n) is 8.81. The number of hydrogen-bond acceptors (Lipinski definition) is 5. The lowest BCUT2D eigenvalue weighted by molar-refractivity contribution is -0.145. The highest BCUT2D eigenvalue weighted by Gasteiger charge is 2.66. The second-order valence-electron chi connectivity index (χ2n) is 15.0. The first-order valence-corrected chi connectivity index (χ1v) is 23.3. The van der Waals surface area contributed by atoms with Crippen LogP contribution in [0.1, 0.15) is 60.8 Å². The Kier molecular flexibility index (Phi) is 7.45. The lowest BCUT2D eigenvalue weighted by atomic mass is 9.77. The number of rotatable bonds is 6. The summed E-state index contributed by atoms with van der Waals surface area (Å²) >= 11 is 0. The van der Waals surface area contributed by atoms with Crippen LogP contribution in [0.5, 0.6) is 0 Å². The van der Waals surface area contributed by atoms with Gasteiger partial charge in [0, 0.05) is 17.9 Å². The van der Waals surface area contributed by atoms with E-state index in [1.54, 1.807) is 0 Å². The molecule has 1 aliphatic heterocycles. The van der Waals surface area contributed by atoms with E-state index in [2.05, 4.69) is 87.0 Å². The zero-order valence-corrected chi connectivity index (χ0v) is 28.0. The van der Waals surface area contributed by atoms with E-state index in [0.717, 1.165) is 24.8 Å². The van der Waals surface area contributed by atoms with E-state index in [1.165, 1.54) is 5.57 Å². The molecule has 2 fully saturated rings. The number of carbonyl (C=O) groups is 1. The monoisotopic (exact) mass is 540 g/mol. The van der Waals surface area contributed by atoms with E-state index in [0.29, 0.717) is 0 Å². The van der Waals surface area contributed by atoms with E-state index in [4.69, 9.17) is 18.0 Å². The minimum atomic E-state index is -2.05. The first-order chi connectivity index (χ1) is 15.5. The van der Waals surface area contributed by atoms with Crippen molar-refractivity contribution in [3.05, 3.63) is 11.1 Å². The smallest absolute Gasteiger partial charge is 0.309 e. The maximum atomic E-state index is 12.8. The third kappa shape index (κ3) is 5.35. The molecule has 5 nitrogen and oxygen atoms in total. The summed E-state index contributed by atoms with van der Waals surface area (Å²) in [5, 5.41) is 0.102. The molecule has 0 aromatic heterocycles. The fourth-order valence-electron chi connectivity index (χ4n) is 6.25. The standard InChI is InChI=1S/C27H52O5Si3/c1-18-20-15-16-26(6,31-33(7,8)9)27(32-34(10,11)12)17-21(30-35(13,14)25(3,4)5)19(2)22(27)23(20)29-24(18)28/h18,20-21,23H,15-17H2,1-14H3/t18-,20-,21+,23-,26+,27-/m0/s1. The molecule has 0 spiro atoms. The molecular formula is C27H52O5Si3. The normalized spacial score (nSPS) is 36.7. The van der Waals surface area contributed by atoms with Crippen molar-refractivity contribution in [2.75, 3.05) is 0 Å². The number of ether oxygens (including phenoxy) is 1. The molecular weight excluding hydrogens is 489 g/mol. The van der Waals surface area contributed by atoms with E-state index in [9.17, 15) is 4.79 Å². The number of esters is 1. The summed E-state index contributed by atoms with van der Waals surface area (Å²) in [4.78, 5) is 12.8. The van der Waals surface area contributed by atoms with Gasteiger partial charge in [-0.1, -0.05) is 27.7 Å². The second-order valence-corrected chi connectivity index (χ2v) is 28.6. The lowest BCUT2D eigenvalue weighted by Crippen LogP contribution is -2.63. The molecule has 0 amide bonds. The van der Waals surface area contributed by atoms with Crippen molar-refractivity contribution in [1.82, 2.24) is 0 Å². The van der Waals surface area contributed by atoms with Gasteiger partial charge in [-0.3, -0.25) is 4.79 Å². The van der Waals surface area contributed by atoms with Crippen molar-refractivity contribution >= 4 is 30.9 Å². The number of carbonyl (C=O) groups excluding carboxylic acids is 1. The Balaban J connectivity index is 2.26. The molecule has 3 aliphatic rings. The van der Waals surface area contributed by atoms with Crippen LogP contribution in [0.3, 0.4) is 0 Å². The summed E-state index contributed by atoms with van der Waals surface area (Å²) in [5.74, 6) is -0.0408. The quantitative estimate of drug-likeness (QED) is 0.201. The van der Waals surface area contributed by atoms with Crippen molar-refractivity contribution in [3.63, 3.8) is 0 Å². The predicted molar refractivity (Wildman–Crippen MR) is 151 cm³/mol. The van der Waals surface area contributed by atoms with Crippen molar-refractivity contribution < 1.29 is 22.8 Å². The topological polar surface area (TPSA) is 54.0 Å². The molecule has 35 heavy (non-hydrogen) atoms. The van der Waals surface area contributed by atoms with Crippen LogP contribution in [-0.4, -0.2) is 54.3 Å². The molecule has 0 N–H and O–H groups in total. The van der Waals surface area contributed by atoms with E-state index in [1.807, 2.05) is 6.92 Å². The highest BCUT2D eigenvalue weighted by atomic mass is 28.4. The second kappa shape index (κ2) is 8.90. The van der Waals surface area contributed by atoms with E-state index >= 15 is 0 Å². The molecule has 8 heteroatoms. The summed E-state index contributed by atoms with van der Waals surface area (Å²) in [7, 11) is -6.03. The molecule has 1 saturated heterocycles. The third-order valence-corrected chi connectivity index (χ3v) is 15.3. The van der Waals surface area contributed by atoms with Crippen LogP contribution in [-0.2, 0) is 22.8 Å². The van der Waals surface area contributed by atoms with Gasteiger partial charge in [0.05, 0.1) is 17.6 Å². The fraction of sp³-hybridized carbons (Fsp3) is 0.889. The Bertz CT molecular complexity index is 879. The number of hydrogen-bond donors (Lipinski definition) is 0. The molecule has 1 saturated carbocycles. The molecule has 6 atom stereocenters. The van der Waals surface area contributed by atoms with Crippen molar-refractivity contribution in [1.29, 1.82) is 0 Å². The Morgan fingerprint density at radius 1 is 0.971 bits per heavy atom. The predicted octanol–water partition coefficient (Wildman–Crippen LogP) is 7.27. The van der Waals surface area contributed by atoms with Crippen LogP contribution in [0, 0.1) is 11.8 Å². The maximum absolute atomic E-state index is 12.8. The molecule has 202 valence electrons. The summed E-state index contributed by atoms with van der Waals surface area (Å²) in [6, 6.07) is 0. The zero-order chi connectivity index (χ0) is 27.0. The summed E-state index contributed by atoms with van der Waals surface area (Å²) in [6.45, 7) is 31.6. The SMILES string of the molecule is CC1=C2[C@H]3OC(=O)[C@@H](C)[C@@H]3CC[C@@](C)(O[Si](C)(C)C)[C@]2(O[Si](C)(C)C)C[C@H]1O[Si](C)(C)C(C)(C)C. The van der Waals surface area contributed by atoms with Gasteiger partial charge in [-0.05, 0) is 89.7 Å². The van der Waals surface area contributed by atoms with Crippen LogP contribution >= 0.6 is 0 Å². The molecule has 0 radical (unpaired) electrons. The molecule has 3 rings (SSSR count). The maximum Gasteiger partial charge on any atom is 0.309 e. The lowest BCUT2D eigenvalue weighted by Gasteiger charge is -2.53. The average Bonchev–Trinajstić information content (AvgIpc) is 3.00. The van der Waals surface area contributed by atoms with Crippen LogP contribution in [0.2, 0.25) is 57.4 Å². The van der Waals surface area contributed by atoms with Crippen LogP contribution < -0.4 is 0 Å². The van der Waals surface area contributed by atoms with Crippen LogP contribution in [0.15, 0.2) is 11.1 Å². The Morgan fingerprint density at radius 2 is 1.51 bits per heavy atom. The zero-order valence-electron chi connectivity index (χ0n) is 25.0. The van der Waals surface area contributed by atoms with Gasteiger partial charge in [0.2, 0.25) is 0 Å². The van der Waals surface area contributed by atoms with Gasteiger partial charge in [-0.2, -0.15) is 0 Å². The van der Waals surface area contributed by atoms with Crippen molar-refractivity contribution in [2.45, 2.75) is 142 Å². The minimum Gasteiger partial charge on any atom is -0.457 e. The highest BCUT2D eigenvalue weighted by Crippen LogP contribution is 2.59. The fourth-order valence-corrected chi connectivity index (χ4v) is 10.6. The van der Waals surface area contributed by atoms with Crippen LogP contribution in [0.4, 0.5) is 0 Å².